The van der Waals surface area contributed by atoms with Crippen LogP contribution in [0, 0.1) is 12.7 Å². The van der Waals surface area contributed by atoms with Gasteiger partial charge in [-0.2, -0.15) is 0 Å². The molecule has 5 amide bonds. The highest BCUT2D eigenvalue weighted by molar-refractivity contribution is 6.00. The lowest BCUT2D eigenvalue weighted by Crippen LogP contribution is -2.56. The molecule has 15 nitrogen and oxygen atoms in total. The van der Waals surface area contributed by atoms with Crippen molar-refractivity contribution < 1.29 is 47.4 Å². The molecule has 4 heterocycles. The van der Waals surface area contributed by atoms with Crippen molar-refractivity contribution in [3.8, 4) is 5.75 Å². The molecular weight excluding hydrogens is 679 g/mol. The number of piperazine rings is 1. The third-order valence-corrected chi connectivity index (χ3v) is 9.49. The van der Waals surface area contributed by atoms with Gasteiger partial charge in [0, 0.05) is 58.3 Å². The van der Waals surface area contributed by atoms with Crippen molar-refractivity contribution in [2.75, 3.05) is 65.6 Å². The van der Waals surface area contributed by atoms with Gasteiger partial charge in [0.2, 0.25) is 11.8 Å². The molecule has 282 valence electrons. The molecule has 5 rings (SSSR count). The van der Waals surface area contributed by atoms with Gasteiger partial charge in [0.15, 0.2) is 6.61 Å². The molecule has 0 unspecified atom stereocenters. The number of benzene rings is 1. The van der Waals surface area contributed by atoms with Gasteiger partial charge in [0.25, 0.3) is 11.8 Å². The topological polar surface area (TPSA) is 168 Å². The number of hydrogen-bond acceptors (Lipinski definition) is 10. The molecule has 0 saturated carbocycles. The van der Waals surface area contributed by atoms with Crippen LogP contribution >= 0.6 is 0 Å². The highest BCUT2D eigenvalue weighted by Gasteiger charge is 2.37. The normalized spacial score (nSPS) is 18.0. The average Bonchev–Trinajstić information content (AvgIpc) is 3.85. The number of aryl methyl sites for hydroxylation is 1. The van der Waals surface area contributed by atoms with Gasteiger partial charge in [-0.1, -0.05) is 0 Å². The number of aromatic nitrogens is 1. The Balaban J connectivity index is 1.34. The molecule has 3 saturated heterocycles. The van der Waals surface area contributed by atoms with Crippen molar-refractivity contribution in [3.63, 3.8) is 0 Å². The average molecular weight is 727 g/mol. The second kappa shape index (κ2) is 17.5. The predicted octanol–water partition coefficient (Wildman–Crippen LogP) is 2.42. The highest BCUT2D eigenvalue weighted by atomic mass is 19.1. The summed E-state index contributed by atoms with van der Waals surface area (Å²) in [6.45, 7) is 7.44. The number of likely N-dealkylation sites (tertiary alicyclic amines) is 2. The third-order valence-electron chi connectivity index (χ3n) is 9.49. The van der Waals surface area contributed by atoms with Gasteiger partial charge >= 0.3 is 12.1 Å². The molecule has 0 aliphatic carbocycles. The number of rotatable bonds is 12. The van der Waals surface area contributed by atoms with E-state index in [-0.39, 0.29) is 80.5 Å². The lowest BCUT2D eigenvalue weighted by molar-refractivity contribution is -0.144. The van der Waals surface area contributed by atoms with Crippen molar-refractivity contribution in [2.45, 2.75) is 71.4 Å². The molecule has 3 aliphatic rings. The van der Waals surface area contributed by atoms with Crippen molar-refractivity contribution in [2.24, 2.45) is 0 Å². The van der Waals surface area contributed by atoms with E-state index in [1.807, 2.05) is 0 Å². The largest absolute Gasteiger partial charge is 0.483 e. The van der Waals surface area contributed by atoms with Crippen LogP contribution in [0.5, 0.6) is 5.75 Å². The van der Waals surface area contributed by atoms with Gasteiger partial charge < -0.3 is 39.1 Å². The minimum Gasteiger partial charge on any atom is -0.483 e. The molecule has 1 N–H and O–H groups in total. The number of nitrogens with zero attached hydrogens (tertiary/aromatic N) is 5. The molecular formula is C36H47FN6O9. The molecule has 3 fully saturated rings. The standard InChI is InChI=1S/C36H47FN6O9/c1-4-50-31(45)11-10-25(34(47)41-15-17-42(18-16-41)36(49)51-5-2)39-33(46)27-21-29(32-24(37)19-23(3)20-26(32)38-27)52-22-30(44)43-14-8-9-28(43)35(48)40-12-6-7-13-40/h19-21,25,28H,4-18,22H2,1-3H3,(H,39,46)/t25-,28-/m0/s1. The minimum atomic E-state index is -1.16. The monoisotopic (exact) mass is 726 g/mol. The Morgan fingerprint density at radius 1 is 0.885 bits per heavy atom. The zero-order valence-electron chi connectivity index (χ0n) is 30.0. The Labute approximate surface area is 301 Å². The number of pyridine rings is 1. The first-order valence-corrected chi connectivity index (χ1v) is 18.0. The second-order valence-electron chi connectivity index (χ2n) is 13.1. The van der Waals surface area contributed by atoms with Gasteiger partial charge in [-0.25, -0.2) is 14.2 Å². The smallest absolute Gasteiger partial charge is 0.409 e. The fourth-order valence-electron chi connectivity index (χ4n) is 6.87. The molecule has 1 aromatic carbocycles. The number of amides is 5. The van der Waals surface area contributed by atoms with E-state index in [4.69, 9.17) is 14.2 Å². The SMILES string of the molecule is CCOC(=O)CC[C@H](NC(=O)c1cc(OCC(=O)N2CCC[C@H]2C(=O)N2CCCC2)c2c(F)cc(C)cc2n1)C(=O)N1CCN(C(=O)OCC)CC1. The number of ether oxygens (including phenoxy) is 3. The van der Waals surface area contributed by atoms with Crippen LogP contribution in [-0.4, -0.2) is 138 Å². The van der Waals surface area contributed by atoms with Gasteiger partial charge in [-0.05, 0) is 70.6 Å². The molecule has 16 heteroatoms. The molecule has 2 aromatic rings. The van der Waals surface area contributed by atoms with E-state index in [0.717, 1.165) is 12.8 Å². The summed E-state index contributed by atoms with van der Waals surface area (Å²) in [5, 5.41) is 2.65. The summed E-state index contributed by atoms with van der Waals surface area (Å²) in [4.78, 5) is 89.1. The number of nitrogens with one attached hydrogen (secondary N) is 1. The molecule has 0 radical (unpaired) electrons. The van der Waals surface area contributed by atoms with Crippen LogP contribution in [0.25, 0.3) is 10.9 Å². The van der Waals surface area contributed by atoms with E-state index in [9.17, 15) is 28.8 Å². The number of halogens is 1. The lowest BCUT2D eigenvalue weighted by Gasteiger charge is -2.36. The quantitative estimate of drug-likeness (QED) is 0.321. The van der Waals surface area contributed by atoms with Crippen LogP contribution in [0.15, 0.2) is 18.2 Å². The van der Waals surface area contributed by atoms with Gasteiger partial charge in [-0.3, -0.25) is 24.0 Å². The summed E-state index contributed by atoms with van der Waals surface area (Å²) in [6, 6.07) is 2.33. The van der Waals surface area contributed by atoms with Crippen LogP contribution < -0.4 is 10.1 Å². The van der Waals surface area contributed by atoms with Crippen molar-refractivity contribution in [3.05, 3.63) is 35.3 Å². The first-order valence-electron chi connectivity index (χ1n) is 18.0. The number of carbonyl (C=O) groups excluding carboxylic acids is 6. The Hall–Kier alpha value is -5.02. The third kappa shape index (κ3) is 9.06. The number of esters is 1. The summed E-state index contributed by atoms with van der Waals surface area (Å²) >= 11 is 0. The van der Waals surface area contributed by atoms with Crippen LogP contribution in [0.4, 0.5) is 9.18 Å². The van der Waals surface area contributed by atoms with E-state index in [0.29, 0.717) is 38.0 Å². The number of hydrogen-bond donors (Lipinski definition) is 1. The first kappa shape index (κ1) is 38.2. The van der Waals surface area contributed by atoms with Gasteiger partial charge in [0.1, 0.15) is 29.3 Å². The maximum atomic E-state index is 15.4. The first-order chi connectivity index (χ1) is 25.0. The molecule has 3 aliphatic heterocycles. The highest BCUT2D eigenvalue weighted by Crippen LogP contribution is 2.30. The fourth-order valence-corrected chi connectivity index (χ4v) is 6.87. The zero-order chi connectivity index (χ0) is 37.4. The van der Waals surface area contributed by atoms with Gasteiger partial charge in [-0.15, -0.1) is 0 Å². The Bertz CT molecular complexity index is 1680. The molecule has 0 bridgehead atoms. The van der Waals surface area contributed by atoms with Crippen molar-refractivity contribution in [1.82, 2.24) is 29.9 Å². The number of fused-ring (bicyclic) bond motifs is 1. The van der Waals surface area contributed by atoms with Crippen molar-refractivity contribution >= 4 is 46.6 Å². The Kier molecular flexibility index (Phi) is 12.8. The Morgan fingerprint density at radius 3 is 2.27 bits per heavy atom. The van der Waals surface area contributed by atoms with Crippen LogP contribution in [0.1, 0.15) is 68.4 Å². The van der Waals surface area contributed by atoms with Gasteiger partial charge in [0.05, 0.1) is 24.1 Å². The predicted molar refractivity (Wildman–Crippen MR) is 185 cm³/mol. The van der Waals surface area contributed by atoms with Crippen LogP contribution in [0.2, 0.25) is 0 Å². The van der Waals surface area contributed by atoms with E-state index >= 15 is 4.39 Å². The zero-order valence-corrected chi connectivity index (χ0v) is 30.0. The second-order valence-corrected chi connectivity index (χ2v) is 13.1. The number of carbonyl (C=O) groups is 6. The maximum Gasteiger partial charge on any atom is 0.409 e. The minimum absolute atomic E-state index is 0.0320. The van der Waals surface area contributed by atoms with E-state index in [1.54, 1.807) is 31.7 Å². The maximum absolute atomic E-state index is 15.4. The molecule has 2 atom stereocenters. The van der Waals surface area contributed by atoms with Crippen LogP contribution in [0.3, 0.4) is 0 Å². The summed E-state index contributed by atoms with van der Waals surface area (Å²) < 4.78 is 31.4. The lowest BCUT2D eigenvalue weighted by atomic mass is 10.1. The summed E-state index contributed by atoms with van der Waals surface area (Å²) in [5.41, 5.74) is 0.423. The summed E-state index contributed by atoms with van der Waals surface area (Å²) in [7, 11) is 0. The summed E-state index contributed by atoms with van der Waals surface area (Å²) in [6.07, 6.45) is 2.37. The Morgan fingerprint density at radius 2 is 1.58 bits per heavy atom. The van der Waals surface area contributed by atoms with Crippen molar-refractivity contribution in [1.29, 1.82) is 0 Å². The molecule has 1 aromatic heterocycles. The summed E-state index contributed by atoms with van der Waals surface area (Å²) in [5.74, 6) is -3.08. The molecule has 52 heavy (non-hydrogen) atoms. The van der Waals surface area contributed by atoms with E-state index in [1.165, 1.54) is 26.8 Å². The van der Waals surface area contributed by atoms with Crippen LogP contribution in [-0.2, 0) is 28.7 Å². The molecule has 0 spiro atoms. The fraction of sp³-hybridized carbons (Fsp3) is 0.583. The van der Waals surface area contributed by atoms with E-state index < -0.39 is 54.3 Å². The van der Waals surface area contributed by atoms with E-state index in [2.05, 4.69) is 10.3 Å².